The van der Waals surface area contributed by atoms with Crippen molar-refractivity contribution in [2.75, 3.05) is 6.54 Å². The fraction of sp³-hybridized carbons (Fsp3) is 0.667. The fourth-order valence-corrected chi connectivity index (χ4v) is 3.62. The van der Waals surface area contributed by atoms with E-state index in [9.17, 15) is 9.59 Å². The SMILES string of the molecule is Cc1cc(CN2C(=O)CNC(=O)C23CCCCC3)n(C)n1. The number of carbonyl (C=O) groups is 2. The number of nitrogens with zero attached hydrogens (tertiary/aromatic N) is 3. The number of rotatable bonds is 2. The Morgan fingerprint density at radius 2 is 2.00 bits per heavy atom. The summed E-state index contributed by atoms with van der Waals surface area (Å²) in [6.45, 7) is 2.51. The molecule has 1 aliphatic heterocycles. The Kier molecular flexibility index (Phi) is 3.47. The van der Waals surface area contributed by atoms with Crippen LogP contribution in [0.5, 0.6) is 0 Å². The molecule has 114 valence electrons. The molecule has 1 saturated carbocycles. The molecule has 1 aromatic rings. The molecule has 6 heteroatoms. The Bertz CT molecular complexity index is 572. The van der Waals surface area contributed by atoms with Crippen molar-refractivity contribution >= 4 is 11.8 Å². The first kappa shape index (κ1) is 14.1. The maximum atomic E-state index is 12.5. The summed E-state index contributed by atoms with van der Waals surface area (Å²) in [6.07, 6.45) is 4.67. The van der Waals surface area contributed by atoms with Gasteiger partial charge in [-0.15, -0.1) is 0 Å². The number of piperazine rings is 1. The number of hydrogen-bond donors (Lipinski definition) is 1. The minimum absolute atomic E-state index is 0.00959. The van der Waals surface area contributed by atoms with Crippen LogP contribution >= 0.6 is 0 Å². The number of amides is 2. The van der Waals surface area contributed by atoms with Gasteiger partial charge in [-0.2, -0.15) is 5.10 Å². The molecule has 3 rings (SSSR count). The van der Waals surface area contributed by atoms with Crippen LogP contribution in [0.3, 0.4) is 0 Å². The van der Waals surface area contributed by atoms with E-state index < -0.39 is 5.54 Å². The molecule has 2 amide bonds. The molecule has 0 atom stereocenters. The van der Waals surface area contributed by atoms with Gasteiger partial charge >= 0.3 is 0 Å². The predicted molar refractivity (Wildman–Crippen MR) is 77.3 cm³/mol. The van der Waals surface area contributed by atoms with Crippen molar-refractivity contribution in [1.82, 2.24) is 20.0 Å². The Hall–Kier alpha value is -1.85. The normalized spacial score (nSPS) is 21.7. The summed E-state index contributed by atoms with van der Waals surface area (Å²) < 4.78 is 1.80. The molecule has 0 aromatic carbocycles. The van der Waals surface area contributed by atoms with Crippen LogP contribution in [0, 0.1) is 6.92 Å². The molecular weight excluding hydrogens is 268 g/mol. The summed E-state index contributed by atoms with van der Waals surface area (Å²) in [5.41, 5.74) is 1.26. The molecule has 0 unspecified atom stereocenters. The molecule has 21 heavy (non-hydrogen) atoms. The van der Waals surface area contributed by atoms with E-state index in [0.717, 1.165) is 43.5 Å². The van der Waals surface area contributed by atoms with Crippen molar-refractivity contribution < 1.29 is 9.59 Å². The summed E-state index contributed by atoms with van der Waals surface area (Å²) in [5, 5.41) is 7.11. The van der Waals surface area contributed by atoms with Gasteiger partial charge in [0.05, 0.1) is 24.5 Å². The second kappa shape index (κ2) is 5.16. The van der Waals surface area contributed by atoms with Gasteiger partial charge in [0, 0.05) is 7.05 Å². The molecule has 1 spiro atoms. The Balaban J connectivity index is 1.93. The van der Waals surface area contributed by atoms with Gasteiger partial charge in [-0.25, -0.2) is 0 Å². The van der Waals surface area contributed by atoms with E-state index in [-0.39, 0.29) is 18.4 Å². The number of carbonyl (C=O) groups excluding carboxylic acids is 2. The average Bonchev–Trinajstić information content (AvgIpc) is 2.79. The van der Waals surface area contributed by atoms with Crippen LogP contribution in [0.25, 0.3) is 0 Å². The third-order valence-corrected chi connectivity index (χ3v) is 4.74. The third-order valence-electron chi connectivity index (χ3n) is 4.74. The minimum Gasteiger partial charge on any atom is -0.345 e. The topological polar surface area (TPSA) is 67.2 Å². The Labute approximate surface area is 124 Å². The highest BCUT2D eigenvalue weighted by atomic mass is 16.2. The summed E-state index contributed by atoms with van der Waals surface area (Å²) in [4.78, 5) is 26.7. The third kappa shape index (κ3) is 2.32. The zero-order chi connectivity index (χ0) is 15.0. The van der Waals surface area contributed by atoms with Gasteiger partial charge in [-0.1, -0.05) is 19.3 Å². The first-order valence-electron chi connectivity index (χ1n) is 7.61. The number of aromatic nitrogens is 2. The van der Waals surface area contributed by atoms with Crippen molar-refractivity contribution in [2.45, 2.75) is 51.1 Å². The van der Waals surface area contributed by atoms with Crippen molar-refractivity contribution in [3.05, 3.63) is 17.5 Å². The van der Waals surface area contributed by atoms with Gasteiger partial charge in [0.25, 0.3) is 0 Å². The molecule has 0 bridgehead atoms. The molecule has 2 heterocycles. The lowest BCUT2D eigenvalue weighted by atomic mass is 9.78. The Morgan fingerprint density at radius 3 is 2.62 bits per heavy atom. The summed E-state index contributed by atoms with van der Waals surface area (Å²) >= 11 is 0. The van der Waals surface area contributed by atoms with Crippen LogP contribution in [0.1, 0.15) is 43.5 Å². The van der Waals surface area contributed by atoms with Gasteiger partial charge in [-0.05, 0) is 25.8 Å². The number of nitrogens with one attached hydrogen (secondary N) is 1. The summed E-state index contributed by atoms with van der Waals surface area (Å²) in [7, 11) is 1.88. The zero-order valence-corrected chi connectivity index (χ0v) is 12.7. The van der Waals surface area contributed by atoms with Crippen molar-refractivity contribution in [3.8, 4) is 0 Å². The van der Waals surface area contributed by atoms with Crippen LogP contribution in [-0.2, 0) is 23.2 Å². The molecule has 1 aliphatic carbocycles. The molecule has 6 nitrogen and oxygen atoms in total. The summed E-state index contributed by atoms with van der Waals surface area (Å²) in [5.74, 6) is 0.0241. The van der Waals surface area contributed by atoms with Crippen LogP contribution in [0.15, 0.2) is 6.07 Å². The molecular formula is C15H22N4O2. The van der Waals surface area contributed by atoms with E-state index in [0.29, 0.717) is 6.54 Å². The fourth-order valence-electron chi connectivity index (χ4n) is 3.62. The van der Waals surface area contributed by atoms with Gasteiger partial charge < -0.3 is 10.2 Å². The van der Waals surface area contributed by atoms with Crippen molar-refractivity contribution in [2.24, 2.45) is 7.05 Å². The van der Waals surface area contributed by atoms with E-state index >= 15 is 0 Å². The molecule has 2 aliphatic rings. The first-order valence-corrected chi connectivity index (χ1v) is 7.61. The second-order valence-electron chi connectivity index (χ2n) is 6.16. The Morgan fingerprint density at radius 1 is 1.29 bits per heavy atom. The van der Waals surface area contributed by atoms with E-state index in [4.69, 9.17) is 0 Å². The average molecular weight is 290 g/mol. The monoisotopic (exact) mass is 290 g/mol. The summed E-state index contributed by atoms with van der Waals surface area (Å²) in [6, 6.07) is 1.98. The van der Waals surface area contributed by atoms with Gasteiger partial charge in [-0.3, -0.25) is 14.3 Å². The van der Waals surface area contributed by atoms with E-state index in [1.54, 1.807) is 9.58 Å². The van der Waals surface area contributed by atoms with Crippen LogP contribution < -0.4 is 5.32 Å². The highest BCUT2D eigenvalue weighted by Gasteiger charge is 2.49. The maximum Gasteiger partial charge on any atom is 0.246 e. The number of hydrogen-bond acceptors (Lipinski definition) is 3. The van der Waals surface area contributed by atoms with Gasteiger partial charge in [0.2, 0.25) is 11.8 Å². The molecule has 2 fully saturated rings. The van der Waals surface area contributed by atoms with Crippen molar-refractivity contribution in [3.63, 3.8) is 0 Å². The lowest BCUT2D eigenvalue weighted by molar-refractivity contribution is -0.157. The molecule has 1 saturated heterocycles. The molecule has 1 aromatic heterocycles. The lowest BCUT2D eigenvalue weighted by Gasteiger charge is -2.47. The molecule has 1 N–H and O–H groups in total. The standard InChI is InChI=1S/C15H22N4O2/c1-11-8-12(18(2)17-11)10-19-13(20)9-16-14(21)15(19)6-4-3-5-7-15/h8H,3-7,9-10H2,1-2H3,(H,16,21). The molecule has 0 radical (unpaired) electrons. The van der Waals surface area contributed by atoms with Crippen LogP contribution in [-0.4, -0.2) is 38.6 Å². The van der Waals surface area contributed by atoms with Crippen molar-refractivity contribution in [1.29, 1.82) is 0 Å². The van der Waals surface area contributed by atoms with Gasteiger partial charge in [0.1, 0.15) is 5.54 Å². The quantitative estimate of drug-likeness (QED) is 0.879. The highest BCUT2D eigenvalue weighted by molar-refractivity contribution is 5.98. The maximum absolute atomic E-state index is 12.5. The van der Waals surface area contributed by atoms with E-state index in [2.05, 4.69) is 10.4 Å². The lowest BCUT2D eigenvalue weighted by Crippen LogP contribution is -2.67. The predicted octanol–water partition coefficient (Wildman–Crippen LogP) is 0.890. The first-order chi connectivity index (χ1) is 10.0. The van der Waals surface area contributed by atoms with Gasteiger partial charge in [0.15, 0.2) is 0 Å². The number of aryl methyl sites for hydroxylation is 2. The minimum atomic E-state index is -0.647. The van der Waals surface area contributed by atoms with E-state index in [1.807, 2.05) is 20.0 Å². The smallest absolute Gasteiger partial charge is 0.246 e. The largest absolute Gasteiger partial charge is 0.345 e. The highest BCUT2D eigenvalue weighted by Crippen LogP contribution is 2.36. The zero-order valence-electron chi connectivity index (χ0n) is 12.7. The van der Waals surface area contributed by atoms with E-state index in [1.165, 1.54) is 0 Å². The van der Waals surface area contributed by atoms with Crippen LogP contribution in [0.2, 0.25) is 0 Å². The van der Waals surface area contributed by atoms with Crippen LogP contribution in [0.4, 0.5) is 0 Å². The second-order valence-corrected chi connectivity index (χ2v) is 6.16.